The van der Waals surface area contributed by atoms with Crippen LogP contribution in [-0.4, -0.2) is 21.0 Å². The molecule has 1 aromatic carbocycles. The molecule has 0 aliphatic heterocycles. The highest BCUT2D eigenvalue weighted by Gasteiger charge is 2.15. The molecular weight excluding hydrogens is 262 g/mol. The van der Waals surface area contributed by atoms with E-state index in [0.29, 0.717) is 16.4 Å². The third-order valence-electron chi connectivity index (χ3n) is 2.93. The fourth-order valence-electron chi connectivity index (χ4n) is 2.04. The van der Waals surface area contributed by atoms with Gasteiger partial charge in [0.15, 0.2) is 0 Å². The van der Waals surface area contributed by atoms with Gasteiger partial charge in [-0.2, -0.15) is 0 Å². The third kappa shape index (κ3) is 1.86. The lowest BCUT2D eigenvalue weighted by molar-refractivity contribution is 0.0701. The molecule has 0 radical (unpaired) electrons. The Hall–Kier alpha value is -2.34. The maximum absolute atomic E-state index is 11.0. The summed E-state index contributed by atoms with van der Waals surface area (Å²) in [5.41, 5.74) is 8.85. The maximum atomic E-state index is 11.0. The number of benzene rings is 1. The van der Waals surface area contributed by atoms with E-state index >= 15 is 0 Å². The van der Waals surface area contributed by atoms with Crippen LogP contribution in [-0.2, 0) is 0 Å². The first-order valence-electron chi connectivity index (χ1n) is 5.64. The zero-order chi connectivity index (χ0) is 13.6. The van der Waals surface area contributed by atoms with Crippen molar-refractivity contribution in [2.45, 2.75) is 6.92 Å². The molecule has 0 unspecified atom stereocenters. The molecule has 3 rings (SSSR count). The van der Waals surface area contributed by atoms with Crippen molar-refractivity contribution in [3.05, 3.63) is 35.0 Å². The van der Waals surface area contributed by atoms with Crippen LogP contribution in [0.1, 0.15) is 15.4 Å². The molecular formula is C13H11N3O2S. The number of hydrogen-bond donors (Lipinski definition) is 3. The van der Waals surface area contributed by atoms with Crippen molar-refractivity contribution in [3.8, 4) is 10.6 Å². The summed E-state index contributed by atoms with van der Waals surface area (Å²) in [5.74, 6) is -0.947. The van der Waals surface area contributed by atoms with Crippen LogP contribution in [0, 0.1) is 6.92 Å². The van der Waals surface area contributed by atoms with Crippen LogP contribution in [0.25, 0.3) is 21.5 Å². The van der Waals surface area contributed by atoms with Gasteiger partial charge in [0.2, 0.25) is 0 Å². The van der Waals surface area contributed by atoms with Crippen LogP contribution in [0.15, 0.2) is 24.4 Å². The Morgan fingerprint density at radius 1 is 1.47 bits per heavy atom. The number of hydrogen-bond acceptors (Lipinski definition) is 4. The van der Waals surface area contributed by atoms with Gasteiger partial charge in [-0.25, -0.2) is 9.78 Å². The summed E-state index contributed by atoms with van der Waals surface area (Å²) in [4.78, 5) is 18.7. The number of aryl methyl sites for hydroxylation is 1. The number of fused-ring (bicyclic) bond motifs is 1. The molecule has 0 saturated carbocycles. The van der Waals surface area contributed by atoms with Crippen molar-refractivity contribution in [2.24, 2.45) is 0 Å². The van der Waals surface area contributed by atoms with Gasteiger partial charge in [-0.1, -0.05) is 0 Å². The highest BCUT2D eigenvalue weighted by Crippen LogP contribution is 2.32. The second-order valence-electron chi connectivity index (χ2n) is 4.25. The van der Waals surface area contributed by atoms with Crippen LogP contribution >= 0.6 is 11.3 Å². The number of carboxylic acids is 1. The van der Waals surface area contributed by atoms with Gasteiger partial charge in [0.05, 0.1) is 16.9 Å². The molecule has 2 heterocycles. The van der Waals surface area contributed by atoms with Gasteiger partial charge in [0.25, 0.3) is 0 Å². The van der Waals surface area contributed by atoms with Crippen molar-refractivity contribution in [3.63, 3.8) is 0 Å². The number of thiazole rings is 1. The fraction of sp³-hybridized carbons (Fsp3) is 0.0769. The van der Waals surface area contributed by atoms with Gasteiger partial charge in [0.1, 0.15) is 9.88 Å². The van der Waals surface area contributed by atoms with E-state index < -0.39 is 5.97 Å². The number of anilines is 1. The lowest BCUT2D eigenvalue weighted by Gasteiger charge is -2.01. The van der Waals surface area contributed by atoms with Crippen molar-refractivity contribution in [2.75, 3.05) is 5.73 Å². The van der Waals surface area contributed by atoms with Crippen LogP contribution in [0.5, 0.6) is 0 Å². The quantitative estimate of drug-likeness (QED) is 0.626. The van der Waals surface area contributed by atoms with Crippen molar-refractivity contribution < 1.29 is 9.90 Å². The number of rotatable bonds is 2. The van der Waals surface area contributed by atoms with Gasteiger partial charge < -0.3 is 15.8 Å². The van der Waals surface area contributed by atoms with E-state index in [4.69, 9.17) is 10.8 Å². The summed E-state index contributed by atoms with van der Waals surface area (Å²) in [5, 5.41) is 10.7. The number of nitrogens with zero attached hydrogens (tertiary/aromatic N) is 1. The molecule has 2 aromatic heterocycles. The van der Waals surface area contributed by atoms with Crippen molar-refractivity contribution >= 4 is 33.9 Å². The third-order valence-corrected chi connectivity index (χ3v) is 4.12. The SMILES string of the molecule is Cc1nc(-c2cc(N)c3[nH]ccc3c2)sc1C(=O)O. The standard InChI is InChI=1S/C13H11N3O2S/c1-6-11(13(17)18)19-12(16-6)8-4-7-2-3-15-10(7)9(14)5-8/h2-5,15H,14H2,1H3,(H,17,18). The minimum Gasteiger partial charge on any atom is -0.477 e. The zero-order valence-corrected chi connectivity index (χ0v) is 10.9. The lowest BCUT2D eigenvalue weighted by Crippen LogP contribution is -1.94. The number of nitrogens with one attached hydrogen (secondary N) is 1. The van der Waals surface area contributed by atoms with Crippen LogP contribution < -0.4 is 5.73 Å². The Labute approximate surface area is 112 Å². The Bertz CT molecular complexity index is 788. The van der Waals surface area contributed by atoms with E-state index in [1.807, 2.05) is 24.4 Å². The molecule has 0 amide bonds. The first-order valence-corrected chi connectivity index (χ1v) is 6.45. The number of carbonyl (C=O) groups is 1. The van der Waals surface area contributed by atoms with Gasteiger partial charge in [-0.05, 0) is 25.1 Å². The predicted octanol–water partition coefficient (Wildman–Crippen LogP) is 2.88. The molecule has 19 heavy (non-hydrogen) atoms. The average Bonchev–Trinajstić information content (AvgIpc) is 2.94. The van der Waals surface area contributed by atoms with E-state index in [1.54, 1.807) is 6.92 Å². The molecule has 0 saturated heterocycles. The molecule has 3 aromatic rings. The van der Waals surface area contributed by atoms with Gasteiger partial charge in [-0.3, -0.25) is 0 Å². The van der Waals surface area contributed by atoms with Gasteiger partial charge in [-0.15, -0.1) is 11.3 Å². The molecule has 0 aliphatic carbocycles. The number of nitrogen functional groups attached to an aromatic ring is 1. The summed E-state index contributed by atoms with van der Waals surface area (Å²) in [6.07, 6.45) is 1.82. The minimum atomic E-state index is -0.947. The highest BCUT2D eigenvalue weighted by atomic mass is 32.1. The molecule has 0 bridgehead atoms. The largest absolute Gasteiger partial charge is 0.477 e. The number of carboxylic acid groups (broad SMARTS) is 1. The Morgan fingerprint density at radius 3 is 2.95 bits per heavy atom. The van der Waals surface area contributed by atoms with E-state index in [-0.39, 0.29) is 4.88 Å². The number of aromatic nitrogens is 2. The van der Waals surface area contributed by atoms with Gasteiger partial charge >= 0.3 is 5.97 Å². The molecule has 0 atom stereocenters. The number of nitrogens with two attached hydrogens (primary N) is 1. The minimum absolute atomic E-state index is 0.266. The summed E-state index contributed by atoms with van der Waals surface area (Å²) in [6.45, 7) is 1.70. The van der Waals surface area contributed by atoms with Crippen molar-refractivity contribution in [1.82, 2.24) is 9.97 Å². The predicted molar refractivity (Wildman–Crippen MR) is 75.5 cm³/mol. The van der Waals surface area contributed by atoms with E-state index in [1.165, 1.54) is 0 Å². The summed E-state index contributed by atoms with van der Waals surface area (Å²) < 4.78 is 0. The average molecular weight is 273 g/mol. The van der Waals surface area contributed by atoms with E-state index in [2.05, 4.69) is 9.97 Å². The van der Waals surface area contributed by atoms with Crippen molar-refractivity contribution in [1.29, 1.82) is 0 Å². The molecule has 0 aliphatic rings. The monoisotopic (exact) mass is 273 g/mol. The Kier molecular flexibility index (Phi) is 2.53. The van der Waals surface area contributed by atoms with Crippen LogP contribution in [0.2, 0.25) is 0 Å². The summed E-state index contributed by atoms with van der Waals surface area (Å²) in [6, 6.07) is 5.68. The number of aromatic carboxylic acids is 1. The second-order valence-corrected chi connectivity index (χ2v) is 5.25. The first kappa shape index (κ1) is 11.7. The van der Waals surface area contributed by atoms with E-state index in [0.717, 1.165) is 27.8 Å². The molecule has 0 spiro atoms. The summed E-state index contributed by atoms with van der Waals surface area (Å²) in [7, 11) is 0. The fourth-order valence-corrected chi connectivity index (χ4v) is 2.93. The van der Waals surface area contributed by atoms with Crippen LogP contribution in [0.4, 0.5) is 5.69 Å². The van der Waals surface area contributed by atoms with Crippen LogP contribution in [0.3, 0.4) is 0 Å². The molecule has 0 fully saturated rings. The van der Waals surface area contributed by atoms with Gasteiger partial charge in [0, 0.05) is 17.1 Å². The number of aromatic amines is 1. The topological polar surface area (TPSA) is 92.0 Å². The molecule has 5 nitrogen and oxygen atoms in total. The molecule has 4 N–H and O–H groups in total. The second kappa shape index (κ2) is 4.10. The number of H-pyrrole nitrogens is 1. The first-order chi connectivity index (χ1) is 9.06. The summed E-state index contributed by atoms with van der Waals surface area (Å²) >= 11 is 1.16. The van der Waals surface area contributed by atoms with E-state index in [9.17, 15) is 4.79 Å². The normalized spacial score (nSPS) is 11.0. The Balaban J connectivity index is 2.18. The smallest absolute Gasteiger partial charge is 0.347 e. The highest BCUT2D eigenvalue weighted by molar-refractivity contribution is 7.17. The molecule has 6 heteroatoms. The molecule has 96 valence electrons. The maximum Gasteiger partial charge on any atom is 0.347 e. The lowest BCUT2D eigenvalue weighted by atomic mass is 10.1. The zero-order valence-electron chi connectivity index (χ0n) is 10.1. The Morgan fingerprint density at radius 2 is 2.26 bits per heavy atom.